The zero-order valence-corrected chi connectivity index (χ0v) is 14.5. The molecule has 0 aliphatic carbocycles. The van der Waals surface area contributed by atoms with Crippen LogP contribution < -0.4 is 5.32 Å². The molecule has 0 bridgehead atoms. The van der Waals surface area contributed by atoms with Crippen molar-refractivity contribution in [2.45, 2.75) is 23.9 Å². The molecule has 1 heterocycles. The summed E-state index contributed by atoms with van der Waals surface area (Å²) in [7, 11) is 0. The van der Waals surface area contributed by atoms with Gasteiger partial charge in [0.05, 0.1) is 11.8 Å². The molecule has 1 fully saturated rings. The lowest BCUT2D eigenvalue weighted by Crippen LogP contribution is -2.38. The van der Waals surface area contributed by atoms with Gasteiger partial charge in [-0.3, -0.25) is 9.59 Å². The molecule has 1 aliphatic rings. The van der Waals surface area contributed by atoms with Gasteiger partial charge in [-0.1, -0.05) is 30.3 Å². The molecule has 25 heavy (non-hydrogen) atoms. The molecular formula is C19H19FN2O2S. The summed E-state index contributed by atoms with van der Waals surface area (Å²) in [5.74, 6) is -0.102. The SMILES string of the molecule is O=C(CSc1ccccc1)N[C@@H]1CC(=O)N(Cc2cccc(F)c2)C1. The first-order valence-corrected chi connectivity index (χ1v) is 9.08. The van der Waals surface area contributed by atoms with Gasteiger partial charge in [-0.2, -0.15) is 0 Å². The predicted molar refractivity (Wildman–Crippen MR) is 95.5 cm³/mol. The third-order valence-corrected chi connectivity index (χ3v) is 4.97. The van der Waals surface area contributed by atoms with Crippen molar-refractivity contribution in [3.63, 3.8) is 0 Å². The van der Waals surface area contributed by atoms with Crippen LogP contribution in [0.5, 0.6) is 0 Å². The standard InChI is InChI=1S/C19H19FN2O2S/c20-15-6-4-5-14(9-15)11-22-12-16(10-19(22)24)21-18(23)13-25-17-7-2-1-3-8-17/h1-9,16H,10-13H2,(H,21,23)/t16-/m1/s1. The molecule has 0 saturated carbocycles. The zero-order chi connectivity index (χ0) is 17.6. The molecule has 0 radical (unpaired) electrons. The molecule has 1 aliphatic heterocycles. The van der Waals surface area contributed by atoms with Crippen molar-refractivity contribution in [1.82, 2.24) is 10.2 Å². The summed E-state index contributed by atoms with van der Waals surface area (Å²) in [4.78, 5) is 26.9. The third kappa shape index (κ3) is 5.06. The highest BCUT2D eigenvalue weighted by molar-refractivity contribution is 8.00. The fraction of sp³-hybridized carbons (Fsp3) is 0.263. The number of carbonyl (C=O) groups is 2. The van der Waals surface area contributed by atoms with Gasteiger partial charge in [0.25, 0.3) is 0 Å². The minimum absolute atomic E-state index is 0.0229. The van der Waals surface area contributed by atoms with Crippen LogP contribution in [0, 0.1) is 5.82 Å². The summed E-state index contributed by atoms with van der Waals surface area (Å²) in [6, 6.07) is 15.7. The fourth-order valence-corrected chi connectivity index (χ4v) is 3.54. The van der Waals surface area contributed by atoms with Crippen molar-refractivity contribution in [2.24, 2.45) is 0 Å². The Morgan fingerprint density at radius 1 is 1.20 bits per heavy atom. The van der Waals surface area contributed by atoms with Crippen molar-refractivity contribution in [2.75, 3.05) is 12.3 Å². The largest absolute Gasteiger partial charge is 0.350 e. The number of likely N-dealkylation sites (tertiary alicyclic amines) is 1. The van der Waals surface area contributed by atoms with E-state index in [1.807, 2.05) is 30.3 Å². The summed E-state index contributed by atoms with van der Waals surface area (Å²) in [5.41, 5.74) is 0.750. The minimum Gasteiger partial charge on any atom is -0.350 e. The number of nitrogens with one attached hydrogen (secondary N) is 1. The van der Waals surface area contributed by atoms with Gasteiger partial charge >= 0.3 is 0 Å². The Bertz CT molecular complexity index is 754. The second-order valence-corrected chi connectivity index (χ2v) is 7.02. The van der Waals surface area contributed by atoms with Crippen LogP contribution in [-0.2, 0) is 16.1 Å². The summed E-state index contributed by atoms with van der Waals surface area (Å²) in [5, 5.41) is 2.91. The van der Waals surface area contributed by atoms with Gasteiger partial charge in [0, 0.05) is 24.4 Å². The van der Waals surface area contributed by atoms with E-state index in [9.17, 15) is 14.0 Å². The fourth-order valence-electron chi connectivity index (χ4n) is 2.81. The van der Waals surface area contributed by atoms with Crippen LogP contribution in [0.2, 0.25) is 0 Å². The molecule has 2 amide bonds. The normalized spacial score (nSPS) is 16.9. The van der Waals surface area contributed by atoms with E-state index >= 15 is 0 Å². The van der Waals surface area contributed by atoms with Gasteiger partial charge in [0.15, 0.2) is 0 Å². The highest BCUT2D eigenvalue weighted by atomic mass is 32.2. The molecule has 0 unspecified atom stereocenters. The van der Waals surface area contributed by atoms with Crippen molar-refractivity contribution in [1.29, 1.82) is 0 Å². The summed E-state index contributed by atoms with van der Waals surface area (Å²) in [6.45, 7) is 0.818. The molecule has 2 aromatic rings. The highest BCUT2D eigenvalue weighted by Gasteiger charge is 2.30. The van der Waals surface area contributed by atoms with Crippen molar-refractivity contribution >= 4 is 23.6 Å². The lowest BCUT2D eigenvalue weighted by Gasteiger charge is -2.17. The van der Waals surface area contributed by atoms with Crippen LogP contribution in [0.15, 0.2) is 59.5 Å². The first kappa shape index (κ1) is 17.5. The van der Waals surface area contributed by atoms with Gasteiger partial charge in [-0.05, 0) is 29.8 Å². The van der Waals surface area contributed by atoms with Gasteiger partial charge in [-0.25, -0.2) is 4.39 Å². The number of nitrogens with zero attached hydrogens (tertiary/aromatic N) is 1. The number of rotatable bonds is 6. The summed E-state index contributed by atoms with van der Waals surface area (Å²) < 4.78 is 13.2. The van der Waals surface area contributed by atoms with E-state index in [-0.39, 0.29) is 30.1 Å². The molecule has 1 N–H and O–H groups in total. The molecule has 1 saturated heterocycles. The van der Waals surface area contributed by atoms with Crippen LogP contribution >= 0.6 is 11.8 Å². The first-order valence-electron chi connectivity index (χ1n) is 8.09. The quantitative estimate of drug-likeness (QED) is 0.808. The Balaban J connectivity index is 1.48. The molecule has 0 aromatic heterocycles. The average molecular weight is 358 g/mol. The van der Waals surface area contributed by atoms with Gasteiger partial charge in [0.2, 0.25) is 11.8 Å². The Morgan fingerprint density at radius 3 is 2.76 bits per heavy atom. The zero-order valence-electron chi connectivity index (χ0n) is 13.7. The lowest BCUT2D eigenvalue weighted by molar-refractivity contribution is -0.128. The van der Waals surface area contributed by atoms with Gasteiger partial charge < -0.3 is 10.2 Å². The predicted octanol–water partition coefficient (Wildman–Crippen LogP) is 2.84. The van der Waals surface area contributed by atoms with Crippen LogP contribution in [-0.4, -0.2) is 35.1 Å². The molecule has 2 aromatic carbocycles. The van der Waals surface area contributed by atoms with E-state index in [1.54, 1.807) is 17.0 Å². The second kappa shape index (κ2) is 8.16. The molecular weight excluding hydrogens is 339 g/mol. The number of amides is 2. The summed E-state index contributed by atoms with van der Waals surface area (Å²) >= 11 is 1.47. The minimum atomic E-state index is -0.313. The maximum atomic E-state index is 13.2. The maximum absolute atomic E-state index is 13.2. The monoisotopic (exact) mass is 358 g/mol. The van der Waals surface area contributed by atoms with Crippen LogP contribution in [0.25, 0.3) is 0 Å². The van der Waals surface area contributed by atoms with Crippen molar-refractivity contribution < 1.29 is 14.0 Å². The average Bonchev–Trinajstić information content (AvgIpc) is 2.93. The number of halogens is 1. The molecule has 130 valence electrons. The van der Waals surface area contributed by atoms with E-state index in [0.717, 1.165) is 10.5 Å². The van der Waals surface area contributed by atoms with Gasteiger partial charge in [-0.15, -0.1) is 11.8 Å². The number of benzene rings is 2. The molecule has 3 rings (SSSR count). The third-order valence-electron chi connectivity index (χ3n) is 3.96. The van der Waals surface area contributed by atoms with E-state index < -0.39 is 0 Å². The topological polar surface area (TPSA) is 49.4 Å². The van der Waals surface area contributed by atoms with E-state index in [2.05, 4.69) is 5.32 Å². The highest BCUT2D eigenvalue weighted by Crippen LogP contribution is 2.18. The Morgan fingerprint density at radius 2 is 2.00 bits per heavy atom. The first-order chi connectivity index (χ1) is 12.1. The smallest absolute Gasteiger partial charge is 0.230 e. The Kier molecular flexibility index (Phi) is 5.71. The molecule has 1 atom stereocenters. The lowest BCUT2D eigenvalue weighted by atomic mass is 10.2. The van der Waals surface area contributed by atoms with Crippen molar-refractivity contribution in [3.8, 4) is 0 Å². The second-order valence-electron chi connectivity index (χ2n) is 5.97. The number of hydrogen-bond donors (Lipinski definition) is 1. The van der Waals surface area contributed by atoms with Crippen LogP contribution in [0.4, 0.5) is 4.39 Å². The van der Waals surface area contributed by atoms with E-state index in [4.69, 9.17) is 0 Å². The van der Waals surface area contributed by atoms with E-state index in [0.29, 0.717) is 18.8 Å². The Labute approximate surface area is 150 Å². The maximum Gasteiger partial charge on any atom is 0.230 e. The van der Waals surface area contributed by atoms with Gasteiger partial charge in [0.1, 0.15) is 5.82 Å². The molecule has 6 heteroatoms. The van der Waals surface area contributed by atoms with Crippen LogP contribution in [0.3, 0.4) is 0 Å². The number of thioether (sulfide) groups is 1. The number of hydrogen-bond acceptors (Lipinski definition) is 3. The molecule has 4 nitrogen and oxygen atoms in total. The summed E-state index contributed by atoms with van der Waals surface area (Å²) in [6.07, 6.45) is 0.289. The molecule has 0 spiro atoms. The van der Waals surface area contributed by atoms with Crippen LogP contribution in [0.1, 0.15) is 12.0 Å². The Hall–Kier alpha value is -2.34. The number of carbonyl (C=O) groups excluding carboxylic acids is 2. The van der Waals surface area contributed by atoms with E-state index in [1.165, 1.54) is 23.9 Å². The van der Waals surface area contributed by atoms with Crippen molar-refractivity contribution in [3.05, 3.63) is 66.0 Å².